The van der Waals surface area contributed by atoms with E-state index >= 15 is 0 Å². The standard InChI is InChI=1S/C17H25N3O3S/c1-24(22,23)20-15-7-5-13(6-8-15)10-19-16(21)17-9-3-2-4-14(17)11-18-12-17/h5-8,14,18,20H,2-4,9-12H2,1H3,(H,19,21)/t14-,17+/m0/s1. The number of rotatable bonds is 5. The summed E-state index contributed by atoms with van der Waals surface area (Å²) in [4.78, 5) is 12.8. The Kier molecular flexibility index (Phi) is 4.83. The monoisotopic (exact) mass is 351 g/mol. The SMILES string of the molecule is CS(=O)(=O)Nc1ccc(CNC(=O)[C@@]23CCCC[C@H]2CNC3)cc1. The topological polar surface area (TPSA) is 87.3 Å². The second-order valence-electron chi connectivity index (χ2n) is 6.98. The van der Waals surface area contributed by atoms with Gasteiger partial charge in [0.2, 0.25) is 15.9 Å². The molecular formula is C17H25N3O3S. The van der Waals surface area contributed by atoms with Crippen molar-refractivity contribution in [1.82, 2.24) is 10.6 Å². The molecule has 2 fully saturated rings. The minimum absolute atomic E-state index is 0.149. The first-order valence-corrected chi connectivity index (χ1v) is 10.3. The third-order valence-electron chi connectivity index (χ3n) is 5.20. The normalized spacial score (nSPS) is 26.6. The lowest BCUT2D eigenvalue weighted by Crippen LogP contribution is -2.47. The molecule has 0 aromatic heterocycles. The molecule has 132 valence electrons. The van der Waals surface area contributed by atoms with Crippen LogP contribution in [0, 0.1) is 11.3 Å². The third-order valence-corrected chi connectivity index (χ3v) is 5.81. The molecule has 3 N–H and O–H groups in total. The predicted octanol–water partition coefficient (Wildman–Crippen LogP) is 1.45. The Balaban J connectivity index is 1.60. The fourth-order valence-electron chi connectivity index (χ4n) is 3.95. The van der Waals surface area contributed by atoms with Gasteiger partial charge in [-0.1, -0.05) is 25.0 Å². The highest BCUT2D eigenvalue weighted by molar-refractivity contribution is 7.92. The summed E-state index contributed by atoms with van der Waals surface area (Å²) in [5, 5.41) is 6.47. The van der Waals surface area contributed by atoms with Crippen molar-refractivity contribution in [3.63, 3.8) is 0 Å². The molecule has 0 radical (unpaired) electrons. The molecule has 7 heteroatoms. The van der Waals surface area contributed by atoms with E-state index in [1.54, 1.807) is 12.1 Å². The van der Waals surface area contributed by atoms with E-state index in [-0.39, 0.29) is 11.3 Å². The third kappa shape index (κ3) is 3.72. The lowest BCUT2D eigenvalue weighted by Gasteiger charge is -2.37. The summed E-state index contributed by atoms with van der Waals surface area (Å²) in [5.41, 5.74) is 1.24. The van der Waals surface area contributed by atoms with Gasteiger partial charge in [0.05, 0.1) is 11.7 Å². The van der Waals surface area contributed by atoms with E-state index in [2.05, 4.69) is 15.4 Å². The molecular weight excluding hydrogens is 326 g/mol. The molecule has 1 amide bonds. The van der Waals surface area contributed by atoms with Crippen LogP contribution in [-0.4, -0.2) is 33.7 Å². The van der Waals surface area contributed by atoms with Gasteiger partial charge in [-0.3, -0.25) is 9.52 Å². The molecule has 2 aliphatic rings. The van der Waals surface area contributed by atoms with Gasteiger partial charge in [0, 0.05) is 18.8 Å². The molecule has 1 aromatic carbocycles. The van der Waals surface area contributed by atoms with Gasteiger partial charge >= 0.3 is 0 Å². The van der Waals surface area contributed by atoms with Crippen LogP contribution >= 0.6 is 0 Å². The van der Waals surface area contributed by atoms with E-state index in [0.717, 1.165) is 44.2 Å². The second kappa shape index (κ2) is 6.72. The van der Waals surface area contributed by atoms with Crippen molar-refractivity contribution in [2.45, 2.75) is 32.2 Å². The molecule has 1 aromatic rings. The van der Waals surface area contributed by atoms with Crippen LogP contribution in [0.5, 0.6) is 0 Å². The number of anilines is 1. The van der Waals surface area contributed by atoms with Gasteiger partial charge in [0.1, 0.15) is 0 Å². The van der Waals surface area contributed by atoms with Gasteiger partial charge in [0.25, 0.3) is 0 Å². The molecule has 1 heterocycles. The Labute approximate surface area is 143 Å². The first-order valence-electron chi connectivity index (χ1n) is 8.45. The highest BCUT2D eigenvalue weighted by Crippen LogP contribution is 2.43. The summed E-state index contributed by atoms with van der Waals surface area (Å²) in [6.07, 6.45) is 5.56. The van der Waals surface area contributed by atoms with Crippen molar-refractivity contribution in [3.8, 4) is 0 Å². The number of hydrogen-bond donors (Lipinski definition) is 3. The zero-order valence-electron chi connectivity index (χ0n) is 14.0. The Morgan fingerprint density at radius 2 is 2.04 bits per heavy atom. The van der Waals surface area contributed by atoms with Crippen LogP contribution in [0.25, 0.3) is 0 Å². The molecule has 3 rings (SSSR count). The first kappa shape index (κ1) is 17.2. The van der Waals surface area contributed by atoms with E-state index in [4.69, 9.17) is 0 Å². The Morgan fingerprint density at radius 3 is 2.75 bits per heavy atom. The number of sulfonamides is 1. The smallest absolute Gasteiger partial charge is 0.229 e. The number of carbonyl (C=O) groups excluding carboxylic acids is 1. The number of nitrogens with one attached hydrogen (secondary N) is 3. The lowest BCUT2D eigenvalue weighted by molar-refractivity contribution is -0.134. The molecule has 0 bridgehead atoms. The maximum Gasteiger partial charge on any atom is 0.229 e. The van der Waals surface area contributed by atoms with E-state index in [0.29, 0.717) is 18.2 Å². The maximum absolute atomic E-state index is 12.8. The van der Waals surface area contributed by atoms with Crippen molar-refractivity contribution in [2.24, 2.45) is 11.3 Å². The lowest BCUT2D eigenvalue weighted by atomic mass is 9.67. The molecule has 1 saturated heterocycles. The van der Waals surface area contributed by atoms with Crippen molar-refractivity contribution >= 4 is 21.6 Å². The molecule has 1 aliphatic heterocycles. The molecule has 6 nitrogen and oxygen atoms in total. The van der Waals surface area contributed by atoms with E-state index in [1.807, 2.05) is 12.1 Å². The van der Waals surface area contributed by atoms with Crippen molar-refractivity contribution in [3.05, 3.63) is 29.8 Å². The number of amides is 1. The Bertz CT molecular complexity index is 702. The molecule has 1 aliphatic carbocycles. The molecule has 0 unspecified atom stereocenters. The van der Waals surface area contributed by atoms with Crippen LogP contribution in [0.4, 0.5) is 5.69 Å². The van der Waals surface area contributed by atoms with Gasteiger partial charge in [0.15, 0.2) is 0 Å². The van der Waals surface area contributed by atoms with E-state index < -0.39 is 10.0 Å². The summed E-state index contributed by atoms with van der Waals surface area (Å²) < 4.78 is 24.8. The molecule has 24 heavy (non-hydrogen) atoms. The van der Waals surface area contributed by atoms with Gasteiger partial charge in [-0.05, 0) is 43.0 Å². The van der Waals surface area contributed by atoms with E-state index in [1.165, 1.54) is 6.42 Å². The van der Waals surface area contributed by atoms with Gasteiger partial charge < -0.3 is 10.6 Å². The van der Waals surface area contributed by atoms with Crippen LogP contribution in [0.1, 0.15) is 31.2 Å². The summed E-state index contributed by atoms with van der Waals surface area (Å²) in [6, 6.07) is 7.08. The Morgan fingerprint density at radius 1 is 1.29 bits per heavy atom. The van der Waals surface area contributed by atoms with Crippen LogP contribution in [0.2, 0.25) is 0 Å². The largest absolute Gasteiger partial charge is 0.351 e. The first-order chi connectivity index (χ1) is 11.4. The quantitative estimate of drug-likeness (QED) is 0.749. The number of carbonyl (C=O) groups is 1. The van der Waals surface area contributed by atoms with Gasteiger partial charge in [-0.25, -0.2) is 8.42 Å². The summed E-state index contributed by atoms with van der Waals surface area (Å²) in [6.45, 7) is 2.19. The zero-order valence-corrected chi connectivity index (χ0v) is 14.8. The average Bonchev–Trinajstić information content (AvgIpc) is 2.97. The summed E-state index contributed by atoms with van der Waals surface area (Å²) >= 11 is 0. The maximum atomic E-state index is 12.8. The van der Waals surface area contributed by atoms with Gasteiger partial charge in [-0.15, -0.1) is 0 Å². The highest BCUT2D eigenvalue weighted by atomic mass is 32.2. The van der Waals surface area contributed by atoms with Crippen LogP contribution < -0.4 is 15.4 Å². The predicted molar refractivity (Wildman–Crippen MR) is 94.0 cm³/mol. The zero-order chi connectivity index (χ0) is 17.2. The minimum atomic E-state index is -3.27. The molecule has 2 atom stereocenters. The van der Waals surface area contributed by atoms with Crippen molar-refractivity contribution in [2.75, 3.05) is 24.1 Å². The number of hydrogen-bond acceptors (Lipinski definition) is 4. The number of benzene rings is 1. The highest BCUT2D eigenvalue weighted by Gasteiger charge is 2.49. The van der Waals surface area contributed by atoms with Crippen LogP contribution in [-0.2, 0) is 21.4 Å². The van der Waals surface area contributed by atoms with Crippen molar-refractivity contribution in [1.29, 1.82) is 0 Å². The molecule has 0 spiro atoms. The van der Waals surface area contributed by atoms with E-state index in [9.17, 15) is 13.2 Å². The average molecular weight is 351 g/mol. The fourth-order valence-corrected chi connectivity index (χ4v) is 4.52. The molecule has 1 saturated carbocycles. The Hall–Kier alpha value is -1.60. The second-order valence-corrected chi connectivity index (χ2v) is 8.73. The number of fused-ring (bicyclic) bond motifs is 1. The van der Waals surface area contributed by atoms with Crippen molar-refractivity contribution < 1.29 is 13.2 Å². The summed E-state index contributed by atoms with van der Waals surface area (Å²) in [5.74, 6) is 0.600. The fraction of sp³-hybridized carbons (Fsp3) is 0.588. The van der Waals surface area contributed by atoms with Gasteiger partial charge in [-0.2, -0.15) is 0 Å². The van der Waals surface area contributed by atoms with Crippen LogP contribution in [0.15, 0.2) is 24.3 Å². The minimum Gasteiger partial charge on any atom is -0.351 e. The van der Waals surface area contributed by atoms with Crippen LogP contribution in [0.3, 0.4) is 0 Å². The summed E-state index contributed by atoms with van der Waals surface area (Å²) in [7, 11) is -3.27.